The van der Waals surface area contributed by atoms with E-state index in [0.29, 0.717) is 6.04 Å². The normalized spacial score (nSPS) is 16.6. The smallest absolute Gasteiger partial charge is 0.119 e. The topological polar surface area (TPSA) is 24.5 Å². The van der Waals surface area contributed by atoms with Crippen LogP contribution in [0.25, 0.3) is 0 Å². The summed E-state index contributed by atoms with van der Waals surface area (Å²) >= 11 is 0. The lowest BCUT2D eigenvalue weighted by Gasteiger charge is -2.34. The third-order valence-electron chi connectivity index (χ3n) is 3.69. The lowest BCUT2D eigenvalue weighted by atomic mass is 10.0. The molecule has 3 nitrogen and oxygen atoms in total. The maximum Gasteiger partial charge on any atom is 0.119 e. The van der Waals surface area contributed by atoms with Crippen LogP contribution in [0.15, 0.2) is 24.3 Å². The number of rotatable bonds is 6. The second-order valence-electron chi connectivity index (χ2n) is 5.14. The highest BCUT2D eigenvalue weighted by molar-refractivity contribution is 5.49. The molecule has 1 heterocycles. The molecule has 0 unspecified atom stereocenters. The number of nitrogens with one attached hydrogen (secondary N) is 1. The molecule has 2 rings (SSSR count). The van der Waals surface area contributed by atoms with Gasteiger partial charge in [0.05, 0.1) is 6.61 Å². The molecular weight excluding hydrogens is 236 g/mol. The summed E-state index contributed by atoms with van der Waals surface area (Å²) in [6, 6.07) is 9.19. The molecular formula is C16H26N2O. The SMILES string of the molecule is CCCNC1CCN(c2ccc(OCC)cc2)CC1. The van der Waals surface area contributed by atoms with Gasteiger partial charge in [0.15, 0.2) is 0 Å². The van der Waals surface area contributed by atoms with Crippen LogP contribution in [0, 0.1) is 0 Å². The van der Waals surface area contributed by atoms with Crippen LogP contribution in [-0.2, 0) is 0 Å². The maximum atomic E-state index is 5.48. The van der Waals surface area contributed by atoms with Crippen LogP contribution in [0.3, 0.4) is 0 Å². The number of anilines is 1. The first-order chi connectivity index (χ1) is 9.33. The molecule has 0 aliphatic carbocycles. The quantitative estimate of drug-likeness (QED) is 0.853. The van der Waals surface area contributed by atoms with Crippen LogP contribution in [0.5, 0.6) is 5.75 Å². The Morgan fingerprint density at radius 3 is 2.42 bits per heavy atom. The zero-order valence-electron chi connectivity index (χ0n) is 12.2. The molecule has 19 heavy (non-hydrogen) atoms. The van der Waals surface area contributed by atoms with Gasteiger partial charge in [0.25, 0.3) is 0 Å². The molecule has 1 fully saturated rings. The zero-order valence-corrected chi connectivity index (χ0v) is 12.2. The van der Waals surface area contributed by atoms with Crippen molar-refractivity contribution in [3.8, 4) is 5.75 Å². The largest absolute Gasteiger partial charge is 0.494 e. The Morgan fingerprint density at radius 1 is 1.16 bits per heavy atom. The first-order valence-corrected chi connectivity index (χ1v) is 7.54. The number of hydrogen-bond acceptors (Lipinski definition) is 3. The van der Waals surface area contributed by atoms with Crippen LogP contribution in [0.4, 0.5) is 5.69 Å². The van der Waals surface area contributed by atoms with Gasteiger partial charge in [-0.05, 0) is 57.0 Å². The van der Waals surface area contributed by atoms with Crippen molar-refractivity contribution in [3.63, 3.8) is 0 Å². The van der Waals surface area contributed by atoms with Gasteiger partial charge >= 0.3 is 0 Å². The molecule has 0 radical (unpaired) electrons. The summed E-state index contributed by atoms with van der Waals surface area (Å²) in [5.74, 6) is 0.964. The molecule has 0 bridgehead atoms. The van der Waals surface area contributed by atoms with E-state index in [2.05, 4.69) is 41.4 Å². The molecule has 1 N–H and O–H groups in total. The van der Waals surface area contributed by atoms with Crippen molar-refractivity contribution in [1.82, 2.24) is 5.32 Å². The Bertz CT molecular complexity index is 356. The highest BCUT2D eigenvalue weighted by Gasteiger charge is 2.18. The molecule has 1 aromatic rings. The molecule has 0 amide bonds. The molecule has 0 saturated carbocycles. The van der Waals surface area contributed by atoms with Gasteiger partial charge in [-0.2, -0.15) is 0 Å². The fraction of sp³-hybridized carbons (Fsp3) is 0.625. The maximum absolute atomic E-state index is 5.48. The third kappa shape index (κ3) is 4.13. The van der Waals surface area contributed by atoms with E-state index in [1.165, 1.54) is 24.9 Å². The summed E-state index contributed by atoms with van der Waals surface area (Å²) in [5, 5.41) is 3.62. The summed E-state index contributed by atoms with van der Waals surface area (Å²) < 4.78 is 5.48. The minimum absolute atomic E-state index is 0.707. The average molecular weight is 262 g/mol. The van der Waals surface area contributed by atoms with E-state index in [-0.39, 0.29) is 0 Å². The van der Waals surface area contributed by atoms with Crippen molar-refractivity contribution in [2.45, 2.75) is 39.2 Å². The molecule has 0 atom stereocenters. The molecule has 1 aliphatic rings. The van der Waals surface area contributed by atoms with Crippen LogP contribution < -0.4 is 15.0 Å². The van der Waals surface area contributed by atoms with E-state index in [9.17, 15) is 0 Å². The van der Waals surface area contributed by atoms with Gasteiger partial charge in [-0.15, -0.1) is 0 Å². The number of ether oxygens (including phenoxy) is 1. The Labute approximate surface area is 116 Å². The number of hydrogen-bond donors (Lipinski definition) is 1. The minimum Gasteiger partial charge on any atom is -0.494 e. The Kier molecular flexibility index (Phi) is 5.52. The van der Waals surface area contributed by atoms with Gasteiger partial charge in [0, 0.05) is 24.8 Å². The fourth-order valence-electron chi connectivity index (χ4n) is 2.61. The summed E-state index contributed by atoms with van der Waals surface area (Å²) in [6.45, 7) is 8.41. The summed E-state index contributed by atoms with van der Waals surface area (Å²) in [4.78, 5) is 2.47. The molecule has 0 aromatic heterocycles. The van der Waals surface area contributed by atoms with Crippen LogP contribution in [-0.4, -0.2) is 32.3 Å². The van der Waals surface area contributed by atoms with Gasteiger partial charge < -0.3 is 15.0 Å². The number of benzene rings is 1. The second kappa shape index (κ2) is 7.39. The van der Waals surface area contributed by atoms with Crippen molar-refractivity contribution >= 4 is 5.69 Å². The van der Waals surface area contributed by atoms with Gasteiger partial charge in [-0.1, -0.05) is 6.92 Å². The number of nitrogens with zero attached hydrogens (tertiary/aromatic N) is 1. The predicted octanol–water partition coefficient (Wildman–Crippen LogP) is 3.05. The monoisotopic (exact) mass is 262 g/mol. The van der Waals surface area contributed by atoms with Crippen LogP contribution >= 0.6 is 0 Å². The lowest BCUT2D eigenvalue weighted by molar-refractivity contribution is 0.340. The predicted molar refractivity (Wildman–Crippen MR) is 81.1 cm³/mol. The van der Waals surface area contributed by atoms with E-state index in [0.717, 1.165) is 32.0 Å². The molecule has 1 aromatic carbocycles. The average Bonchev–Trinajstić information content (AvgIpc) is 2.47. The van der Waals surface area contributed by atoms with Crippen LogP contribution in [0.2, 0.25) is 0 Å². The standard InChI is InChI=1S/C16H26N2O/c1-3-11-17-14-9-12-18(13-10-14)15-5-7-16(8-6-15)19-4-2/h5-8,14,17H,3-4,9-13H2,1-2H3. The number of piperidine rings is 1. The van der Waals surface area contributed by atoms with E-state index >= 15 is 0 Å². The van der Waals surface area contributed by atoms with Gasteiger partial charge in [-0.25, -0.2) is 0 Å². The first-order valence-electron chi connectivity index (χ1n) is 7.54. The van der Waals surface area contributed by atoms with Crippen molar-refractivity contribution in [2.24, 2.45) is 0 Å². The minimum atomic E-state index is 0.707. The fourth-order valence-corrected chi connectivity index (χ4v) is 2.61. The molecule has 0 spiro atoms. The molecule has 3 heteroatoms. The van der Waals surface area contributed by atoms with E-state index in [4.69, 9.17) is 4.74 Å². The Hall–Kier alpha value is -1.22. The highest BCUT2D eigenvalue weighted by Crippen LogP contribution is 2.22. The Balaban J connectivity index is 1.83. The van der Waals surface area contributed by atoms with E-state index in [1.54, 1.807) is 0 Å². The molecule has 1 aliphatic heterocycles. The second-order valence-corrected chi connectivity index (χ2v) is 5.14. The van der Waals surface area contributed by atoms with Crippen molar-refractivity contribution in [3.05, 3.63) is 24.3 Å². The Morgan fingerprint density at radius 2 is 1.84 bits per heavy atom. The first kappa shape index (κ1) is 14.2. The van der Waals surface area contributed by atoms with Crippen molar-refractivity contribution in [1.29, 1.82) is 0 Å². The van der Waals surface area contributed by atoms with Gasteiger partial charge in [0.2, 0.25) is 0 Å². The van der Waals surface area contributed by atoms with Crippen LogP contribution in [0.1, 0.15) is 33.1 Å². The lowest BCUT2D eigenvalue weighted by Crippen LogP contribution is -2.42. The summed E-state index contributed by atoms with van der Waals surface area (Å²) in [5.41, 5.74) is 1.32. The zero-order chi connectivity index (χ0) is 13.5. The third-order valence-corrected chi connectivity index (χ3v) is 3.69. The van der Waals surface area contributed by atoms with E-state index in [1.807, 2.05) is 6.92 Å². The molecule has 106 valence electrons. The van der Waals surface area contributed by atoms with Gasteiger partial charge in [0.1, 0.15) is 5.75 Å². The highest BCUT2D eigenvalue weighted by atomic mass is 16.5. The summed E-state index contributed by atoms with van der Waals surface area (Å²) in [7, 11) is 0. The van der Waals surface area contributed by atoms with E-state index < -0.39 is 0 Å². The summed E-state index contributed by atoms with van der Waals surface area (Å²) in [6.07, 6.45) is 3.71. The van der Waals surface area contributed by atoms with Crippen molar-refractivity contribution in [2.75, 3.05) is 31.1 Å². The molecule has 1 saturated heterocycles. The van der Waals surface area contributed by atoms with Crippen molar-refractivity contribution < 1.29 is 4.74 Å². The van der Waals surface area contributed by atoms with Gasteiger partial charge in [-0.3, -0.25) is 0 Å².